The van der Waals surface area contributed by atoms with Gasteiger partial charge in [0, 0.05) is 24.7 Å². The van der Waals surface area contributed by atoms with Crippen LogP contribution in [-0.2, 0) is 12.8 Å². The van der Waals surface area contributed by atoms with Crippen LogP contribution in [0.4, 0.5) is 10.5 Å². The van der Waals surface area contributed by atoms with Gasteiger partial charge in [0.1, 0.15) is 0 Å². The molecule has 0 unspecified atom stereocenters. The summed E-state index contributed by atoms with van der Waals surface area (Å²) in [5, 5.41) is 37.5. The molecular formula is C15H24N4O4. The van der Waals surface area contributed by atoms with Crippen molar-refractivity contribution in [2.75, 3.05) is 18.5 Å². The van der Waals surface area contributed by atoms with Crippen molar-refractivity contribution in [2.45, 2.75) is 33.6 Å². The number of guanidine groups is 1. The van der Waals surface area contributed by atoms with Crippen molar-refractivity contribution >= 4 is 17.7 Å². The van der Waals surface area contributed by atoms with Gasteiger partial charge in [0.25, 0.3) is 0 Å². The van der Waals surface area contributed by atoms with Crippen molar-refractivity contribution in [3.8, 4) is 17.2 Å². The van der Waals surface area contributed by atoms with Crippen molar-refractivity contribution in [1.29, 1.82) is 5.41 Å². The zero-order chi connectivity index (χ0) is 17.9. The number of nitrogens with zero attached hydrogens (tertiary/aromatic N) is 2. The Morgan fingerprint density at radius 3 is 1.78 bits per heavy atom. The van der Waals surface area contributed by atoms with Crippen LogP contribution in [0.3, 0.4) is 0 Å². The number of phenols is 3. The van der Waals surface area contributed by atoms with Gasteiger partial charge < -0.3 is 21.1 Å². The number of amides is 2. The molecule has 0 aliphatic carbocycles. The molecule has 23 heavy (non-hydrogen) atoms. The van der Waals surface area contributed by atoms with E-state index in [1.165, 1.54) is 11.9 Å². The van der Waals surface area contributed by atoms with E-state index >= 15 is 0 Å². The summed E-state index contributed by atoms with van der Waals surface area (Å²) in [4.78, 5) is 14.8. The van der Waals surface area contributed by atoms with Gasteiger partial charge in [0.2, 0.25) is 5.75 Å². The quantitative estimate of drug-likeness (QED) is 0.326. The first-order valence-electron chi connectivity index (χ1n) is 7.40. The van der Waals surface area contributed by atoms with Crippen LogP contribution in [-0.4, -0.2) is 45.8 Å². The molecule has 6 N–H and O–H groups in total. The third kappa shape index (κ3) is 3.10. The highest BCUT2D eigenvalue weighted by Crippen LogP contribution is 2.47. The summed E-state index contributed by atoms with van der Waals surface area (Å²) in [5.41, 5.74) is 6.41. The van der Waals surface area contributed by atoms with Crippen LogP contribution in [0.25, 0.3) is 0 Å². The number of phenolic OH excluding ortho intramolecular Hbond substituents is 3. The summed E-state index contributed by atoms with van der Waals surface area (Å²) < 4.78 is 0. The molecule has 0 spiro atoms. The number of rotatable bonds is 4. The third-order valence-electron chi connectivity index (χ3n) is 3.76. The number of anilines is 1. The van der Waals surface area contributed by atoms with Crippen molar-refractivity contribution in [1.82, 2.24) is 4.90 Å². The number of aromatic hydroxyl groups is 3. The van der Waals surface area contributed by atoms with E-state index in [0.29, 0.717) is 29.7 Å². The molecule has 8 heteroatoms. The highest BCUT2D eigenvalue weighted by Gasteiger charge is 2.28. The van der Waals surface area contributed by atoms with Crippen molar-refractivity contribution in [3.05, 3.63) is 11.1 Å². The topological polar surface area (TPSA) is 134 Å². The van der Waals surface area contributed by atoms with E-state index in [1.807, 2.05) is 0 Å². The Morgan fingerprint density at radius 1 is 1.04 bits per heavy atom. The average molecular weight is 324 g/mol. The van der Waals surface area contributed by atoms with E-state index in [1.54, 1.807) is 20.8 Å². The molecule has 1 rings (SSSR count). The zero-order valence-corrected chi connectivity index (χ0v) is 13.8. The predicted octanol–water partition coefficient (Wildman–Crippen LogP) is 1.70. The second-order valence-corrected chi connectivity index (χ2v) is 5.03. The van der Waals surface area contributed by atoms with E-state index in [9.17, 15) is 20.1 Å². The largest absolute Gasteiger partial charge is 0.504 e. The number of hydrogen-bond donors (Lipinski definition) is 5. The van der Waals surface area contributed by atoms with Crippen LogP contribution < -0.4 is 10.6 Å². The molecule has 0 aromatic heterocycles. The van der Waals surface area contributed by atoms with Crippen LogP contribution in [0, 0.1) is 5.41 Å². The zero-order valence-electron chi connectivity index (χ0n) is 13.8. The monoisotopic (exact) mass is 324 g/mol. The fourth-order valence-corrected chi connectivity index (χ4v) is 2.56. The highest BCUT2D eigenvalue weighted by atomic mass is 16.3. The SMILES string of the molecule is CCc1c(O)c(O)c(O)c(CC)c1N(C)C(=O)N(CC)C(=N)N. The average Bonchev–Trinajstić information content (AvgIpc) is 2.51. The summed E-state index contributed by atoms with van der Waals surface area (Å²) in [6, 6.07) is -0.561. The van der Waals surface area contributed by atoms with Gasteiger partial charge in [-0.15, -0.1) is 0 Å². The van der Waals surface area contributed by atoms with Crippen molar-refractivity contribution in [2.24, 2.45) is 5.73 Å². The molecule has 1 aromatic carbocycles. The number of urea groups is 1. The van der Waals surface area contributed by atoms with Crippen molar-refractivity contribution in [3.63, 3.8) is 0 Å². The normalized spacial score (nSPS) is 10.4. The molecule has 2 amide bonds. The van der Waals surface area contributed by atoms with Gasteiger partial charge in [0.05, 0.1) is 5.69 Å². The number of benzene rings is 1. The lowest BCUT2D eigenvalue weighted by molar-refractivity contribution is 0.229. The number of carbonyl (C=O) groups excluding carboxylic acids is 1. The molecule has 1 aromatic rings. The van der Waals surface area contributed by atoms with Crippen LogP contribution in [0.1, 0.15) is 31.9 Å². The summed E-state index contributed by atoms with van der Waals surface area (Å²) in [6.45, 7) is 5.41. The lowest BCUT2D eigenvalue weighted by atomic mass is 9.99. The minimum Gasteiger partial charge on any atom is -0.504 e. The summed E-state index contributed by atoms with van der Waals surface area (Å²) in [5.74, 6) is -1.90. The van der Waals surface area contributed by atoms with E-state index < -0.39 is 29.2 Å². The van der Waals surface area contributed by atoms with Gasteiger partial charge >= 0.3 is 6.03 Å². The Labute approximate surface area is 135 Å². The van der Waals surface area contributed by atoms with Gasteiger partial charge in [-0.05, 0) is 19.8 Å². The Balaban J connectivity index is 3.57. The maximum Gasteiger partial charge on any atom is 0.331 e. The minimum atomic E-state index is -0.595. The van der Waals surface area contributed by atoms with Gasteiger partial charge in [-0.1, -0.05) is 13.8 Å². The molecule has 0 aliphatic heterocycles. The van der Waals surface area contributed by atoms with Crippen LogP contribution >= 0.6 is 0 Å². The lowest BCUT2D eigenvalue weighted by Crippen LogP contribution is -2.48. The molecule has 0 saturated carbocycles. The Bertz CT molecular complexity index is 599. The lowest BCUT2D eigenvalue weighted by Gasteiger charge is -2.29. The number of nitrogens with one attached hydrogen (secondary N) is 1. The fourth-order valence-electron chi connectivity index (χ4n) is 2.56. The third-order valence-corrected chi connectivity index (χ3v) is 3.76. The van der Waals surface area contributed by atoms with E-state index in [0.717, 1.165) is 4.90 Å². The second kappa shape index (κ2) is 7.08. The smallest absolute Gasteiger partial charge is 0.331 e. The number of hydrogen-bond acceptors (Lipinski definition) is 5. The number of nitrogens with two attached hydrogens (primary N) is 1. The fraction of sp³-hybridized carbons (Fsp3) is 0.467. The Morgan fingerprint density at radius 2 is 1.48 bits per heavy atom. The van der Waals surface area contributed by atoms with Gasteiger partial charge in [0.15, 0.2) is 17.5 Å². The molecular weight excluding hydrogens is 300 g/mol. The standard InChI is InChI=1S/C15H24N4O4/c1-5-8-10(9(6-2)12(21)13(22)11(8)20)18(4)15(23)19(7-3)14(16)17/h20-22H,5-7H2,1-4H3,(H3,16,17). The molecule has 0 saturated heterocycles. The molecule has 0 heterocycles. The summed E-state index contributed by atoms with van der Waals surface area (Å²) >= 11 is 0. The molecule has 8 nitrogen and oxygen atoms in total. The maximum atomic E-state index is 12.6. The first-order valence-corrected chi connectivity index (χ1v) is 7.40. The van der Waals surface area contributed by atoms with Gasteiger partial charge in [-0.25, -0.2) is 4.79 Å². The highest BCUT2D eigenvalue weighted by molar-refractivity contribution is 6.03. The molecule has 0 bridgehead atoms. The van der Waals surface area contributed by atoms with Crippen LogP contribution in [0.5, 0.6) is 17.2 Å². The van der Waals surface area contributed by atoms with Crippen LogP contribution in [0.15, 0.2) is 0 Å². The van der Waals surface area contributed by atoms with E-state index in [2.05, 4.69) is 0 Å². The van der Waals surface area contributed by atoms with E-state index in [-0.39, 0.29) is 6.54 Å². The van der Waals surface area contributed by atoms with Gasteiger partial charge in [-0.2, -0.15) is 0 Å². The maximum absolute atomic E-state index is 12.6. The van der Waals surface area contributed by atoms with Crippen molar-refractivity contribution < 1.29 is 20.1 Å². The molecule has 0 radical (unpaired) electrons. The molecule has 0 atom stereocenters. The second-order valence-electron chi connectivity index (χ2n) is 5.03. The minimum absolute atomic E-state index is 0.206. The van der Waals surface area contributed by atoms with E-state index in [4.69, 9.17) is 11.1 Å². The Kier molecular flexibility index (Phi) is 5.67. The Hall–Kier alpha value is -2.64. The molecule has 0 fully saturated rings. The predicted molar refractivity (Wildman–Crippen MR) is 88.3 cm³/mol. The molecule has 128 valence electrons. The summed E-state index contributed by atoms with van der Waals surface area (Å²) in [7, 11) is 1.47. The van der Waals surface area contributed by atoms with Crippen LogP contribution in [0.2, 0.25) is 0 Å². The first kappa shape index (κ1) is 18.4. The van der Waals surface area contributed by atoms with Gasteiger partial charge in [-0.3, -0.25) is 15.2 Å². The number of carbonyl (C=O) groups is 1. The summed E-state index contributed by atoms with van der Waals surface area (Å²) in [6.07, 6.45) is 0.678. The molecule has 0 aliphatic rings. The first-order chi connectivity index (χ1) is 10.7.